The zero-order valence-corrected chi connectivity index (χ0v) is 20.1. The van der Waals surface area contributed by atoms with E-state index in [0.29, 0.717) is 43.4 Å². The summed E-state index contributed by atoms with van der Waals surface area (Å²) in [6, 6.07) is 14.3. The molecular weight excluding hydrogens is 434 g/mol. The van der Waals surface area contributed by atoms with E-state index in [2.05, 4.69) is 24.3 Å². The fourth-order valence-electron chi connectivity index (χ4n) is 5.45. The molecule has 7 heteroatoms. The Bertz CT molecular complexity index is 985. The van der Waals surface area contributed by atoms with Crippen LogP contribution in [-0.2, 0) is 17.6 Å². The van der Waals surface area contributed by atoms with E-state index in [-0.39, 0.29) is 5.92 Å². The summed E-state index contributed by atoms with van der Waals surface area (Å²) in [7, 11) is 1.61. The molecule has 2 aromatic carbocycles. The van der Waals surface area contributed by atoms with Crippen molar-refractivity contribution in [1.82, 2.24) is 4.90 Å². The van der Waals surface area contributed by atoms with Crippen molar-refractivity contribution < 1.29 is 29.6 Å². The van der Waals surface area contributed by atoms with E-state index in [0.717, 1.165) is 18.4 Å². The molecule has 2 unspecified atom stereocenters. The lowest BCUT2D eigenvalue weighted by Crippen LogP contribution is -2.45. The third kappa shape index (κ3) is 4.70. The van der Waals surface area contributed by atoms with Gasteiger partial charge in [-0.2, -0.15) is 0 Å². The van der Waals surface area contributed by atoms with Crippen molar-refractivity contribution >= 4 is 6.29 Å². The molecule has 1 aliphatic carbocycles. The number of hydrogen-bond donors (Lipinski definition) is 3. The molecule has 0 spiro atoms. The minimum absolute atomic E-state index is 0.148. The van der Waals surface area contributed by atoms with Crippen molar-refractivity contribution in [2.75, 3.05) is 26.8 Å². The van der Waals surface area contributed by atoms with Gasteiger partial charge < -0.3 is 29.6 Å². The largest absolute Gasteiger partial charge is 0.493 e. The van der Waals surface area contributed by atoms with Crippen molar-refractivity contribution in [3.63, 3.8) is 0 Å². The zero-order chi connectivity index (χ0) is 24.5. The number of fused-ring (bicyclic) bond motifs is 1. The summed E-state index contributed by atoms with van der Waals surface area (Å²) in [6.07, 6.45) is -1.18. The maximum absolute atomic E-state index is 11.0. The first-order valence-corrected chi connectivity index (χ1v) is 11.9. The van der Waals surface area contributed by atoms with Crippen LogP contribution in [0.4, 0.5) is 0 Å². The molecule has 0 saturated carbocycles. The molecule has 184 valence electrons. The van der Waals surface area contributed by atoms with Crippen LogP contribution in [-0.4, -0.2) is 71.7 Å². The van der Waals surface area contributed by atoms with Crippen LogP contribution >= 0.6 is 0 Å². The summed E-state index contributed by atoms with van der Waals surface area (Å²) in [5.41, 5.74) is 3.12. The molecule has 0 radical (unpaired) electrons. The summed E-state index contributed by atoms with van der Waals surface area (Å²) >= 11 is 0. The van der Waals surface area contributed by atoms with Crippen molar-refractivity contribution in [2.24, 2.45) is 11.3 Å². The van der Waals surface area contributed by atoms with Gasteiger partial charge in [0.25, 0.3) is 0 Å². The van der Waals surface area contributed by atoms with E-state index >= 15 is 0 Å². The normalized spacial score (nSPS) is 25.5. The predicted molar refractivity (Wildman–Crippen MR) is 128 cm³/mol. The molecule has 1 fully saturated rings. The average molecular weight is 470 g/mol. The summed E-state index contributed by atoms with van der Waals surface area (Å²) < 4.78 is 11.8. The van der Waals surface area contributed by atoms with Crippen LogP contribution in [0.2, 0.25) is 0 Å². The summed E-state index contributed by atoms with van der Waals surface area (Å²) in [4.78, 5) is 12.7. The van der Waals surface area contributed by atoms with Gasteiger partial charge in [0, 0.05) is 30.3 Å². The fourth-order valence-corrected chi connectivity index (χ4v) is 5.45. The molecule has 2 aromatic rings. The fraction of sp³-hybridized carbons (Fsp3) is 0.519. The van der Waals surface area contributed by atoms with Gasteiger partial charge in [0.05, 0.1) is 19.8 Å². The topological polar surface area (TPSA) is 99.5 Å². The molecule has 5 atom stereocenters. The Morgan fingerprint density at radius 2 is 1.79 bits per heavy atom. The molecule has 3 N–H and O–H groups in total. The van der Waals surface area contributed by atoms with E-state index in [9.17, 15) is 20.1 Å². The van der Waals surface area contributed by atoms with Crippen LogP contribution in [0.3, 0.4) is 0 Å². The number of rotatable bonds is 9. The molecule has 1 saturated heterocycles. The number of aldehydes is 1. The number of aliphatic hydroxyl groups is 3. The minimum atomic E-state index is -1.50. The molecule has 2 aliphatic rings. The highest BCUT2D eigenvalue weighted by Gasteiger charge is 2.49. The lowest BCUT2D eigenvalue weighted by molar-refractivity contribution is -0.130. The number of aliphatic hydroxyl groups excluding tert-OH is 3. The van der Waals surface area contributed by atoms with E-state index in [1.54, 1.807) is 18.9 Å². The zero-order valence-electron chi connectivity index (χ0n) is 20.1. The van der Waals surface area contributed by atoms with Crippen LogP contribution < -0.4 is 9.47 Å². The van der Waals surface area contributed by atoms with Gasteiger partial charge in [-0.05, 0) is 48.6 Å². The number of likely N-dealkylation sites (tertiary alicyclic amines) is 1. The number of carbonyl (C=O) groups excluding carboxylic acids is 1. The van der Waals surface area contributed by atoms with E-state index in [1.807, 2.05) is 25.1 Å². The highest BCUT2D eigenvalue weighted by Crippen LogP contribution is 2.47. The molecule has 7 nitrogen and oxygen atoms in total. The van der Waals surface area contributed by atoms with Crippen molar-refractivity contribution in [3.05, 3.63) is 59.2 Å². The third-order valence-electron chi connectivity index (χ3n) is 7.73. The van der Waals surface area contributed by atoms with Crippen LogP contribution in [0.25, 0.3) is 0 Å². The maximum atomic E-state index is 11.0. The second-order valence-corrected chi connectivity index (χ2v) is 9.97. The lowest BCUT2D eigenvalue weighted by Gasteiger charge is -2.34. The third-order valence-corrected chi connectivity index (χ3v) is 7.73. The monoisotopic (exact) mass is 469 g/mol. The minimum Gasteiger partial charge on any atom is -0.493 e. The summed E-state index contributed by atoms with van der Waals surface area (Å²) in [5.74, 6) is 1.54. The second-order valence-electron chi connectivity index (χ2n) is 9.97. The molecule has 0 aromatic heterocycles. The number of carbonyl (C=O) groups is 1. The summed E-state index contributed by atoms with van der Waals surface area (Å²) in [5, 5.41) is 30.9. The molecule has 1 heterocycles. The smallest absolute Gasteiger partial charge is 0.161 e. The van der Waals surface area contributed by atoms with E-state index < -0.39 is 23.9 Å². The first-order chi connectivity index (χ1) is 16.3. The van der Waals surface area contributed by atoms with Gasteiger partial charge in [-0.3, -0.25) is 4.90 Å². The lowest BCUT2D eigenvalue weighted by atomic mass is 9.72. The SMILES string of the molecule is COc1ccc([C@@H]2CN(C(O)C(O)C=O)C[C@@]2(C)[C@@H](C)O)cc1OCC1Cc2ccccc2C1. The highest BCUT2D eigenvalue weighted by atomic mass is 16.5. The van der Waals surface area contributed by atoms with Gasteiger partial charge in [-0.15, -0.1) is 0 Å². The van der Waals surface area contributed by atoms with E-state index in [1.165, 1.54) is 11.1 Å². The molecular formula is C27H35NO6. The molecule has 0 bridgehead atoms. The Morgan fingerprint density at radius 1 is 1.12 bits per heavy atom. The van der Waals surface area contributed by atoms with Crippen LogP contribution in [0.1, 0.15) is 36.5 Å². The first-order valence-electron chi connectivity index (χ1n) is 11.9. The van der Waals surface area contributed by atoms with Gasteiger partial charge >= 0.3 is 0 Å². The first kappa shape index (κ1) is 24.7. The Hall–Kier alpha value is -2.45. The van der Waals surface area contributed by atoms with Gasteiger partial charge in [0.15, 0.2) is 17.8 Å². The molecule has 0 amide bonds. The van der Waals surface area contributed by atoms with Crippen LogP contribution in [0.15, 0.2) is 42.5 Å². The number of nitrogens with zero attached hydrogens (tertiary/aromatic N) is 1. The van der Waals surface area contributed by atoms with Crippen molar-refractivity contribution in [3.8, 4) is 11.5 Å². The van der Waals surface area contributed by atoms with Gasteiger partial charge in [-0.25, -0.2) is 0 Å². The number of benzene rings is 2. The predicted octanol–water partition coefficient (Wildman–Crippen LogP) is 2.15. The van der Waals surface area contributed by atoms with Gasteiger partial charge in [-0.1, -0.05) is 37.3 Å². The standard InChI is InChI=1S/C27H35NO6/c1-17(30)27(2)16-28(26(32)23(31)14-29)13-22(27)21-8-9-24(33-3)25(12-21)34-15-18-10-19-6-4-5-7-20(19)11-18/h4-9,12,14,17-18,22-23,26,30-32H,10-11,13,15-16H2,1-3H3/t17-,22+,23?,26?,27+/m1/s1. The Labute approximate surface area is 200 Å². The number of ether oxygens (including phenoxy) is 2. The van der Waals surface area contributed by atoms with Crippen LogP contribution in [0, 0.1) is 11.3 Å². The van der Waals surface area contributed by atoms with Crippen LogP contribution in [0.5, 0.6) is 11.5 Å². The highest BCUT2D eigenvalue weighted by molar-refractivity contribution is 5.56. The van der Waals surface area contributed by atoms with Crippen molar-refractivity contribution in [2.45, 2.75) is 51.0 Å². The second kappa shape index (κ2) is 10.0. The number of hydrogen-bond acceptors (Lipinski definition) is 7. The molecule has 34 heavy (non-hydrogen) atoms. The molecule has 1 aliphatic heterocycles. The quantitative estimate of drug-likeness (QED) is 0.484. The maximum Gasteiger partial charge on any atom is 0.161 e. The Balaban J connectivity index is 1.54. The Morgan fingerprint density at radius 3 is 2.38 bits per heavy atom. The van der Waals surface area contributed by atoms with Gasteiger partial charge in [0.1, 0.15) is 12.3 Å². The summed E-state index contributed by atoms with van der Waals surface area (Å²) in [6.45, 7) is 4.99. The molecule has 4 rings (SSSR count). The van der Waals surface area contributed by atoms with Crippen molar-refractivity contribution in [1.29, 1.82) is 0 Å². The number of methoxy groups -OCH3 is 1. The average Bonchev–Trinajstić information content (AvgIpc) is 3.43. The van der Waals surface area contributed by atoms with Gasteiger partial charge in [0.2, 0.25) is 0 Å². The Kier molecular flexibility index (Phi) is 7.28. The van der Waals surface area contributed by atoms with E-state index in [4.69, 9.17) is 9.47 Å².